The summed E-state index contributed by atoms with van der Waals surface area (Å²) in [5.41, 5.74) is 4.60. The number of H-pyrrole nitrogens is 2. The number of benzene rings is 2. The maximum absolute atomic E-state index is 12.7. The summed E-state index contributed by atoms with van der Waals surface area (Å²) < 4.78 is 1.53. The lowest BCUT2D eigenvalue weighted by atomic mass is 10.2. The third-order valence-corrected chi connectivity index (χ3v) is 4.06. The van der Waals surface area contributed by atoms with Crippen molar-refractivity contribution in [1.82, 2.24) is 19.7 Å². The van der Waals surface area contributed by atoms with Crippen molar-refractivity contribution < 1.29 is 0 Å². The fourth-order valence-corrected chi connectivity index (χ4v) is 2.82. The largest absolute Gasteiger partial charge is 0.342 e. The van der Waals surface area contributed by atoms with Crippen LogP contribution >= 0.6 is 0 Å². The van der Waals surface area contributed by atoms with E-state index in [1.807, 2.05) is 62.4 Å². The minimum Gasteiger partial charge on any atom is -0.342 e. The van der Waals surface area contributed by atoms with Gasteiger partial charge in [-0.25, -0.2) is 9.67 Å². The molecule has 4 rings (SSSR count). The molecule has 0 bridgehead atoms. The van der Waals surface area contributed by atoms with E-state index in [1.165, 1.54) is 4.68 Å². The molecule has 0 atom stereocenters. The van der Waals surface area contributed by atoms with Gasteiger partial charge >= 0.3 is 0 Å². The molecule has 0 saturated heterocycles. The highest BCUT2D eigenvalue weighted by atomic mass is 16.1. The van der Waals surface area contributed by atoms with Crippen LogP contribution in [0.15, 0.2) is 58.3 Å². The molecule has 2 aromatic heterocycles. The summed E-state index contributed by atoms with van der Waals surface area (Å²) in [6.07, 6.45) is 1.61. The van der Waals surface area contributed by atoms with Crippen molar-refractivity contribution in [3.05, 3.63) is 76.0 Å². The molecule has 0 spiro atoms. The molecule has 0 aliphatic rings. The van der Waals surface area contributed by atoms with E-state index in [0.717, 1.165) is 33.9 Å². The summed E-state index contributed by atoms with van der Waals surface area (Å²) in [5, 5.41) is 3.10. The van der Waals surface area contributed by atoms with E-state index in [1.54, 1.807) is 6.21 Å². The molecule has 25 heavy (non-hydrogen) atoms. The third-order valence-electron chi connectivity index (χ3n) is 4.06. The van der Waals surface area contributed by atoms with Crippen molar-refractivity contribution in [2.75, 3.05) is 0 Å². The molecule has 0 aliphatic carbocycles. The van der Waals surface area contributed by atoms with E-state index in [0.29, 0.717) is 5.56 Å². The second-order valence-corrected chi connectivity index (χ2v) is 5.91. The second kappa shape index (κ2) is 5.90. The monoisotopic (exact) mass is 331 g/mol. The Morgan fingerprint density at radius 3 is 2.72 bits per heavy atom. The van der Waals surface area contributed by atoms with Gasteiger partial charge in [0, 0.05) is 11.9 Å². The lowest BCUT2D eigenvalue weighted by molar-refractivity contribution is 0.835. The Bertz CT molecular complexity index is 1130. The number of fused-ring (bicyclic) bond motifs is 1. The normalized spacial score (nSPS) is 11.6. The van der Waals surface area contributed by atoms with Crippen LogP contribution in [0.25, 0.3) is 16.7 Å². The number of rotatable bonds is 3. The summed E-state index contributed by atoms with van der Waals surface area (Å²) in [5.74, 6) is 0.864. The van der Waals surface area contributed by atoms with E-state index < -0.39 is 0 Å². The zero-order valence-electron chi connectivity index (χ0n) is 13.9. The minimum absolute atomic E-state index is 0.120. The predicted molar refractivity (Wildman–Crippen MR) is 99.2 cm³/mol. The van der Waals surface area contributed by atoms with Gasteiger partial charge in [0.05, 0.1) is 28.0 Å². The molecule has 0 unspecified atom stereocenters. The first-order chi connectivity index (χ1) is 12.1. The van der Waals surface area contributed by atoms with Crippen molar-refractivity contribution in [2.45, 2.75) is 13.8 Å². The fraction of sp³-hybridized carbons (Fsp3) is 0.105. The molecule has 0 amide bonds. The molecule has 0 radical (unpaired) electrons. The SMILES string of the molecule is Cc1nc2ccc(N=Cc3c(C)[nH]n(-c4ccccc4)c3=O)cc2[nH]1. The van der Waals surface area contributed by atoms with Crippen LogP contribution < -0.4 is 5.56 Å². The minimum atomic E-state index is -0.120. The lowest BCUT2D eigenvalue weighted by Gasteiger charge is -1.99. The average Bonchev–Trinajstić information content (AvgIpc) is 3.12. The van der Waals surface area contributed by atoms with Crippen molar-refractivity contribution in [2.24, 2.45) is 4.99 Å². The molecule has 6 nitrogen and oxygen atoms in total. The summed E-state index contributed by atoms with van der Waals surface area (Å²) in [4.78, 5) is 24.7. The first-order valence-electron chi connectivity index (χ1n) is 7.99. The Balaban J connectivity index is 1.71. The number of para-hydroxylation sites is 1. The Labute approximate surface area is 143 Å². The number of nitrogens with zero attached hydrogens (tertiary/aromatic N) is 3. The second-order valence-electron chi connectivity index (χ2n) is 5.91. The van der Waals surface area contributed by atoms with Gasteiger partial charge in [-0.2, -0.15) is 0 Å². The number of aromatic nitrogens is 4. The van der Waals surface area contributed by atoms with E-state index in [-0.39, 0.29) is 5.56 Å². The average molecular weight is 331 g/mol. The number of imidazole rings is 1. The summed E-state index contributed by atoms with van der Waals surface area (Å²) in [7, 11) is 0. The quantitative estimate of drug-likeness (QED) is 0.564. The van der Waals surface area contributed by atoms with Crippen molar-refractivity contribution in [1.29, 1.82) is 0 Å². The highest BCUT2D eigenvalue weighted by Crippen LogP contribution is 2.19. The van der Waals surface area contributed by atoms with Gasteiger partial charge in [-0.3, -0.25) is 14.9 Å². The van der Waals surface area contributed by atoms with Gasteiger partial charge < -0.3 is 4.98 Å². The number of aryl methyl sites for hydroxylation is 2. The maximum Gasteiger partial charge on any atom is 0.280 e. The highest BCUT2D eigenvalue weighted by molar-refractivity contribution is 5.85. The van der Waals surface area contributed by atoms with Gasteiger partial charge in [-0.05, 0) is 44.2 Å². The summed E-state index contributed by atoms with van der Waals surface area (Å²) >= 11 is 0. The van der Waals surface area contributed by atoms with E-state index in [2.05, 4.69) is 20.1 Å². The molecule has 2 aromatic carbocycles. The molecule has 0 fully saturated rings. The zero-order chi connectivity index (χ0) is 17.4. The third kappa shape index (κ3) is 2.78. The van der Waals surface area contributed by atoms with Crippen LogP contribution in [0, 0.1) is 13.8 Å². The lowest BCUT2D eigenvalue weighted by Crippen LogP contribution is -2.17. The van der Waals surface area contributed by atoms with Gasteiger partial charge in [0.2, 0.25) is 0 Å². The number of aromatic amines is 2. The Morgan fingerprint density at radius 2 is 1.92 bits per heavy atom. The van der Waals surface area contributed by atoms with Crippen LogP contribution in [-0.4, -0.2) is 26.0 Å². The summed E-state index contributed by atoms with van der Waals surface area (Å²) in [6.45, 7) is 3.78. The Hall–Kier alpha value is -3.41. The maximum atomic E-state index is 12.7. The molecular weight excluding hydrogens is 314 g/mol. The smallest absolute Gasteiger partial charge is 0.280 e. The topological polar surface area (TPSA) is 78.8 Å². The standard InChI is InChI=1S/C19H17N5O/c1-12-16(19(25)24(23-12)15-6-4-3-5-7-15)11-20-14-8-9-17-18(10-14)22-13(2)21-17/h3-11,23H,1-2H3,(H,21,22). The molecular formula is C19H17N5O. The molecule has 0 saturated carbocycles. The molecule has 0 aliphatic heterocycles. The van der Waals surface area contributed by atoms with E-state index in [9.17, 15) is 4.79 Å². The van der Waals surface area contributed by atoms with Crippen LogP contribution in [0.2, 0.25) is 0 Å². The van der Waals surface area contributed by atoms with Crippen molar-refractivity contribution in [3.8, 4) is 5.69 Å². The summed E-state index contributed by atoms with van der Waals surface area (Å²) in [6, 6.07) is 15.2. The number of hydrogen-bond acceptors (Lipinski definition) is 3. The number of aliphatic imine (C=N–C) groups is 1. The van der Waals surface area contributed by atoms with Gasteiger partial charge in [-0.15, -0.1) is 0 Å². The fourth-order valence-electron chi connectivity index (χ4n) is 2.82. The number of hydrogen-bond donors (Lipinski definition) is 2. The van der Waals surface area contributed by atoms with Crippen molar-refractivity contribution >= 4 is 22.9 Å². The van der Waals surface area contributed by atoms with Crippen LogP contribution in [-0.2, 0) is 0 Å². The van der Waals surface area contributed by atoms with Crippen LogP contribution in [0.5, 0.6) is 0 Å². The van der Waals surface area contributed by atoms with Crippen LogP contribution in [0.1, 0.15) is 17.1 Å². The highest BCUT2D eigenvalue weighted by Gasteiger charge is 2.10. The van der Waals surface area contributed by atoms with Gasteiger partial charge in [0.15, 0.2) is 0 Å². The van der Waals surface area contributed by atoms with Crippen LogP contribution in [0.3, 0.4) is 0 Å². The van der Waals surface area contributed by atoms with E-state index >= 15 is 0 Å². The molecule has 6 heteroatoms. The van der Waals surface area contributed by atoms with Gasteiger partial charge in [0.1, 0.15) is 5.82 Å². The predicted octanol–water partition coefficient (Wildman–Crippen LogP) is 3.41. The zero-order valence-corrected chi connectivity index (χ0v) is 13.9. The van der Waals surface area contributed by atoms with E-state index in [4.69, 9.17) is 0 Å². The molecule has 4 aromatic rings. The van der Waals surface area contributed by atoms with Crippen molar-refractivity contribution in [3.63, 3.8) is 0 Å². The molecule has 2 N–H and O–H groups in total. The first-order valence-corrected chi connectivity index (χ1v) is 7.99. The Kier molecular flexibility index (Phi) is 3.57. The van der Waals surface area contributed by atoms with Gasteiger partial charge in [-0.1, -0.05) is 18.2 Å². The first kappa shape index (κ1) is 15.1. The number of nitrogens with one attached hydrogen (secondary N) is 2. The Morgan fingerprint density at radius 1 is 1.12 bits per heavy atom. The van der Waals surface area contributed by atoms with Gasteiger partial charge in [0.25, 0.3) is 5.56 Å². The van der Waals surface area contributed by atoms with Crippen LogP contribution in [0.4, 0.5) is 5.69 Å². The molecule has 2 heterocycles. The molecule has 124 valence electrons.